The van der Waals surface area contributed by atoms with Gasteiger partial charge in [0.25, 0.3) is 0 Å². The average molecular weight is 424 g/mol. The molecule has 1 fully saturated rings. The van der Waals surface area contributed by atoms with E-state index in [0.717, 1.165) is 19.3 Å². The SMILES string of the molecule is O=C1CCCCCCCC(c2ccccc2C(=O)O)(c2ccccc2C(=O)O)C(=O)O1. The zero-order valence-electron chi connectivity index (χ0n) is 17.0. The number of cyclic esters (lactones) is 2. The molecule has 0 atom stereocenters. The third-order valence-corrected chi connectivity index (χ3v) is 5.72. The van der Waals surface area contributed by atoms with Crippen molar-refractivity contribution in [1.82, 2.24) is 0 Å². The molecule has 1 aliphatic heterocycles. The van der Waals surface area contributed by atoms with Gasteiger partial charge in [-0.1, -0.05) is 62.1 Å². The second-order valence-electron chi connectivity index (χ2n) is 7.64. The number of carboxylic acid groups (broad SMARTS) is 2. The van der Waals surface area contributed by atoms with Crippen LogP contribution in [0.4, 0.5) is 0 Å². The topological polar surface area (TPSA) is 118 Å². The van der Waals surface area contributed by atoms with Gasteiger partial charge in [0, 0.05) is 6.42 Å². The molecule has 0 saturated carbocycles. The maximum Gasteiger partial charge on any atom is 0.336 e. The molecule has 7 heteroatoms. The molecule has 0 bridgehead atoms. The van der Waals surface area contributed by atoms with Crippen molar-refractivity contribution in [2.75, 3.05) is 0 Å². The van der Waals surface area contributed by atoms with Gasteiger partial charge in [-0.05, 0) is 36.1 Å². The number of ether oxygens (including phenoxy) is 1. The van der Waals surface area contributed by atoms with Crippen LogP contribution < -0.4 is 0 Å². The molecule has 0 spiro atoms. The molecule has 2 aromatic rings. The third kappa shape index (κ3) is 4.50. The van der Waals surface area contributed by atoms with Crippen molar-refractivity contribution in [3.05, 3.63) is 70.8 Å². The summed E-state index contributed by atoms with van der Waals surface area (Å²) in [6.07, 6.45) is 3.73. The molecule has 0 aromatic heterocycles. The van der Waals surface area contributed by atoms with Gasteiger partial charge in [-0.2, -0.15) is 0 Å². The Bertz CT molecular complexity index is 951. The Morgan fingerprint density at radius 3 is 1.77 bits per heavy atom. The van der Waals surface area contributed by atoms with E-state index in [2.05, 4.69) is 0 Å². The van der Waals surface area contributed by atoms with Crippen molar-refractivity contribution in [3.63, 3.8) is 0 Å². The normalized spacial score (nSPS) is 17.3. The summed E-state index contributed by atoms with van der Waals surface area (Å²) < 4.78 is 5.21. The second-order valence-corrected chi connectivity index (χ2v) is 7.64. The second kappa shape index (κ2) is 9.55. The van der Waals surface area contributed by atoms with Gasteiger partial charge in [0.2, 0.25) is 0 Å². The Morgan fingerprint density at radius 1 is 0.742 bits per heavy atom. The summed E-state index contributed by atoms with van der Waals surface area (Å²) in [6, 6.07) is 12.0. The quantitative estimate of drug-likeness (QED) is 0.558. The number of carbonyl (C=O) groups is 4. The lowest BCUT2D eigenvalue weighted by molar-refractivity contribution is -0.163. The van der Waals surface area contributed by atoms with Gasteiger partial charge in [-0.3, -0.25) is 9.59 Å². The fourth-order valence-corrected chi connectivity index (χ4v) is 4.25. The number of hydrogen-bond donors (Lipinski definition) is 2. The largest absolute Gasteiger partial charge is 0.478 e. The van der Waals surface area contributed by atoms with Crippen molar-refractivity contribution in [2.24, 2.45) is 0 Å². The lowest BCUT2D eigenvalue weighted by Crippen LogP contribution is -2.42. The van der Waals surface area contributed by atoms with Crippen molar-refractivity contribution < 1.29 is 34.1 Å². The Balaban J connectivity index is 2.35. The number of hydrogen-bond acceptors (Lipinski definition) is 5. The predicted octanol–water partition coefficient (Wildman–Crippen LogP) is 4.18. The molecule has 1 heterocycles. The number of aromatic carboxylic acids is 2. The van der Waals surface area contributed by atoms with Crippen molar-refractivity contribution >= 4 is 23.9 Å². The number of carboxylic acids is 2. The van der Waals surface area contributed by atoms with Gasteiger partial charge in [-0.15, -0.1) is 0 Å². The van der Waals surface area contributed by atoms with E-state index in [1.54, 1.807) is 12.1 Å². The molecule has 2 aromatic carbocycles. The van der Waals surface area contributed by atoms with E-state index in [9.17, 15) is 29.4 Å². The first-order valence-electron chi connectivity index (χ1n) is 10.3. The van der Waals surface area contributed by atoms with Gasteiger partial charge in [0.15, 0.2) is 0 Å². The molecule has 0 amide bonds. The Hall–Kier alpha value is -3.48. The first-order chi connectivity index (χ1) is 14.9. The van der Waals surface area contributed by atoms with Crippen LogP contribution in [0.1, 0.15) is 76.8 Å². The Morgan fingerprint density at radius 2 is 1.23 bits per heavy atom. The maximum absolute atomic E-state index is 13.6. The van der Waals surface area contributed by atoms with Crippen LogP contribution in [-0.2, 0) is 19.7 Å². The van der Waals surface area contributed by atoms with Crippen LogP contribution in [0.2, 0.25) is 0 Å². The van der Waals surface area contributed by atoms with Crippen LogP contribution >= 0.6 is 0 Å². The molecular weight excluding hydrogens is 400 g/mol. The molecule has 7 nitrogen and oxygen atoms in total. The van der Waals surface area contributed by atoms with Gasteiger partial charge in [-0.25, -0.2) is 9.59 Å². The molecule has 162 valence electrons. The highest BCUT2D eigenvalue weighted by molar-refractivity contribution is 6.02. The van der Waals surface area contributed by atoms with Gasteiger partial charge >= 0.3 is 23.9 Å². The Kier molecular flexibility index (Phi) is 6.84. The average Bonchev–Trinajstić information content (AvgIpc) is 2.78. The van der Waals surface area contributed by atoms with E-state index < -0.39 is 29.3 Å². The lowest BCUT2D eigenvalue weighted by atomic mass is 9.68. The molecule has 0 radical (unpaired) electrons. The van der Waals surface area contributed by atoms with E-state index in [0.29, 0.717) is 12.8 Å². The van der Waals surface area contributed by atoms with Crippen LogP contribution in [0, 0.1) is 0 Å². The first-order valence-corrected chi connectivity index (χ1v) is 10.3. The molecule has 1 saturated heterocycles. The standard InChI is InChI=1S/C24H24O7/c25-20-14-4-2-1-3-9-15-24(23(30)31-20,18-12-7-5-10-16(18)21(26)27)19-13-8-6-11-17(19)22(28)29/h5-8,10-13H,1-4,9,14-15H2,(H,26,27)(H,28,29). The summed E-state index contributed by atoms with van der Waals surface area (Å²) in [5.41, 5.74) is -1.78. The highest BCUT2D eigenvalue weighted by atomic mass is 16.6. The first kappa shape index (κ1) is 22.2. The highest BCUT2D eigenvalue weighted by Gasteiger charge is 2.48. The molecule has 1 aliphatic rings. The summed E-state index contributed by atoms with van der Waals surface area (Å²) in [7, 11) is 0. The van der Waals surface area contributed by atoms with Crippen LogP contribution in [0.3, 0.4) is 0 Å². The van der Waals surface area contributed by atoms with Gasteiger partial charge < -0.3 is 14.9 Å². The molecule has 0 unspecified atom stereocenters. The fourth-order valence-electron chi connectivity index (χ4n) is 4.25. The van der Waals surface area contributed by atoms with E-state index >= 15 is 0 Å². The maximum atomic E-state index is 13.6. The zero-order valence-corrected chi connectivity index (χ0v) is 17.0. The van der Waals surface area contributed by atoms with Crippen molar-refractivity contribution in [3.8, 4) is 0 Å². The predicted molar refractivity (Wildman–Crippen MR) is 111 cm³/mol. The van der Waals surface area contributed by atoms with Crippen molar-refractivity contribution in [2.45, 2.75) is 50.4 Å². The lowest BCUT2D eigenvalue weighted by Gasteiger charge is -2.34. The zero-order chi connectivity index (χ0) is 22.4. The summed E-state index contributed by atoms with van der Waals surface area (Å²) in [5.74, 6) is -4.15. The van der Waals surface area contributed by atoms with Crippen LogP contribution in [-0.4, -0.2) is 34.1 Å². The smallest absolute Gasteiger partial charge is 0.336 e. The molecule has 31 heavy (non-hydrogen) atoms. The molecule has 2 N–H and O–H groups in total. The number of esters is 2. The van der Waals surface area contributed by atoms with Crippen molar-refractivity contribution in [1.29, 1.82) is 0 Å². The summed E-state index contributed by atoms with van der Waals surface area (Å²) in [6.45, 7) is 0. The number of rotatable bonds is 4. The van der Waals surface area contributed by atoms with Gasteiger partial charge in [0.1, 0.15) is 5.41 Å². The highest BCUT2D eigenvalue weighted by Crippen LogP contribution is 2.42. The third-order valence-electron chi connectivity index (χ3n) is 5.72. The summed E-state index contributed by atoms with van der Waals surface area (Å²) in [4.78, 5) is 50.0. The monoisotopic (exact) mass is 424 g/mol. The summed E-state index contributed by atoms with van der Waals surface area (Å²) >= 11 is 0. The molecule has 3 rings (SSSR count). The van der Waals surface area contributed by atoms with E-state index in [4.69, 9.17) is 4.74 Å². The number of carbonyl (C=O) groups excluding carboxylic acids is 2. The van der Waals surface area contributed by atoms with E-state index in [-0.39, 0.29) is 35.1 Å². The minimum Gasteiger partial charge on any atom is -0.478 e. The van der Waals surface area contributed by atoms with Gasteiger partial charge in [0.05, 0.1) is 11.1 Å². The van der Waals surface area contributed by atoms with Crippen LogP contribution in [0.5, 0.6) is 0 Å². The molecular formula is C24H24O7. The van der Waals surface area contributed by atoms with E-state index in [1.807, 2.05) is 0 Å². The molecule has 0 aliphatic carbocycles. The van der Waals surface area contributed by atoms with E-state index in [1.165, 1.54) is 36.4 Å². The van der Waals surface area contributed by atoms with Crippen LogP contribution in [0.25, 0.3) is 0 Å². The minimum atomic E-state index is -1.75. The van der Waals surface area contributed by atoms with Crippen LogP contribution in [0.15, 0.2) is 48.5 Å². The summed E-state index contributed by atoms with van der Waals surface area (Å²) in [5, 5.41) is 19.6. The minimum absolute atomic E-state index is 0.0724. The fraction of sp³-hybridized carbons (Fsp3) is 0.333. The number of benzene rings is 2. The Labute approximate surface area is 179 Å².